The molecule has 0 bridgehead atoms. The van der Waals surface area contributed by atoms with Gasteiger partial charge in [0.25, 0.3) is 0 Å². The van der Waals surface area contributed by atoms with Gasteiger partial charge in [0.15, 0.2) is 11.5 Å². The highest BCUT2D eigenvalue weighted by Gasteiger charge is 2.28. The van der Waals surface area contributed by atoms with E-state index in [1.807, 2.05) is 61.5 Å². The second-order valence-corrected chi connectivity index (χ2v) is 7.66. The predicted molar refractivity (Wildman–Crippen MR) is 92.7 cm³/mol. The lowest BCUT2D eigenvalue weighted by Gasteiger charge is -2.30. The van der Waals surface area contributed by atoms with E-state index in [2.05, 4.69) is 0 Å². The molecule has 0 N–H and O–H groups in total. The standard InChI is InChI=1S/C18H21NO4S/c1-2-19(24(20,21)14-15-8-4-3-5-9-15)12-16-13-22-17-10-6-7-11-18(17)23-16/h3-11,16H,2,12-14H2,1H3/t16-/m1/s1. The first-order chi connectivity index (χ1) is 11.6. The molecule has 0 unspecified atom stereocenters. The lowest BCUT2D eigenvalue weighted by atomic mass is 10.2. The van der Waals surface area contributed by atoms with Crippen molar-refractivity contribution in [2.75, 3.05) is 19.7 Å². The van der Waals surface area contributed by atoms with E-state index in [4.69, 9.17) is 9.47 Å². The number of nitrogens with zero attached hydrogens (tertiary/aromatic N) is 1. The molecule has 0 fully saturated rings. The highest BCUT2D eigenvalue weighted by atomic mass is 32.2. The van der Waals surface area contributed by atoms with Crippen molar-refractivity contribution >= 4 is 10.0 Å². The molecule has 0 spiro atoms. The predicted octanol–water partition coefficient (Wildman–Crippen LogP) is 2.68. The minimum absolute atomic E-state index is 0.00809. The second-order valence-electron chi connectivity index (χ2n) is 5.69. The number of hydrogen-bond donors (Lipinski definition) is 0. The summed E-state index contributed by atoms with van der Waals surface area (Å²) in [5.41, 5.74) is 0.780. The average molecular weight is 347 g/mol. The molecular formula is C18H21NO4S. The van der Waals surface area contributed by atoms with Gasteiger partial charge in [-0.05, 0) is 17.7 Å². The maximum absolute atomic E-state index is 12.7. The monoisotopic (exact) mass is 347 g/mol. The molecule has 5 nitrogen and oxygen atoms in total. The maximum Gasteiger partial charge on any atom is 0.218 e. The molecule has 0 aliphatic carbocycles. The topological polar surface area (TPSA) is 55.8 Å². The van der Waals surface area contributed by atoms with E-state index in [-0.39, 0.29) is 18.4 Å². The van der Waals surface area contributed by atoms with Crippen molar-refractivity contribution in [2.45, 2.75) is 18.8 Å². The quantitative estimate of drug-likeness (QED) is 0.806. The van der Waals surface area contributed by atoms with Gasteiger partial charge >= 0.3 is 0 Å². The Bertz CT molecular complexity index is 777. The van der Waals surface area contributed by atoms with Crippen LogP contribution in [-0.4, -0.2) is 38.5 Å². The van der Waals surface area contributed by atoms with Gasteiger partial charge < -0.3 is 9.47 Å². The summed E-state index contributed by atoms with van der Waals surface area (Å²) in [5, 5.41) is 0. The molecule has 0 amide bonds. The maximum atomic E-state index is 12.7. The summed E-state index contributed by atoms with van der Waals surface area (Å²) < 4.78 is 38.4. The number of sulfonamides is 1. The molecule has 6 heteroatoms. The lowest BCUT2D eigenvalue weighted by Crippen LogP contribution is -2.43. The van der Waals surface area contributed by atoms with Crippen molar-refractivity contribution in [1.82, 2.24) is 4.31 Å². The molecule has 3 rings (SSSR count). The molecule has 1 aliphatic rings. The van der Waals surface area contributed by atoms with E-state index in [9.17, 15) is 8.42 Å². The van der Waals surface area contributed by atoms with Gasteiger partial charge in [-0.25, -0.2) is 8.42 Å². The normalized spacial score (nSPS) is 17.0. The highest BCUT2D eigenvalue weighted by Crippen LogP contribution is 2.31. The Hall–Kier alpha value is -2.05. The number of para-hydroxylation sites is 2. The van der Waals surface area contributed by atoms with Crippen molar-refractivity contribution in [3.63, 3.8) is 0 Å². The van der Waals surface area contributed by atoms with Gasteiger partial charge in [-0.1, -0.05) is 49.4 Å². The summed E-state index contributed by atoms with van der Waals surface area (Å²) in [4.78, 5) is 0. The second kappa shape index (κ2) is 7.23. The Labute approximate surface area is 142 Å². The SMILES string of the molecule is CCN(C[C@@H]1COc2ccccc2O1)S(=O)(=O)Cc1ccccc1. The van der Waals surface area contributed by atoms with Crippen molar-refractivity contribution in [3.05, 3.63) is 60.2 Å². The van der Waals surface area contributed by atoms with Crippen LogP contribution in [0.2, 0.25) is 0 Å². The third-order valence-corrected chi connectivity index (χ3v) is 5.80. The number of hydrogen-bond acceptors (Lipinski definition) is 4. The van der Waals surface area contributed by atoms with Crippen LogP contribution in [0, 0.1) is 0 Å². The van der Waals surface area contributed by atoms with E-state index in [1.54, 1.807) is 0 Å². The molecule has 0 aromatic heterocycles. The van der Waals surface area contributed by atoms with Crippen LogP contribution in [0.5, 0.6) is 11.5 Å². The third-order valence-electron chi connectivity index (χ3n) is 3.91. The van der Waals surface area contributed by atoms with Crippen LogP contribution >= 0.6 is 0 Å². The first-order valence-corrected chi connectivity index (χ1v) is 9.59. The third kappa shape index (κ3) is 3.88. The van der Waals surface area contributed by atoms with E-state index >= 15 is 0 Å². The molecule has 0 radical (unpaired) electrons. The Morgan fingerprint density at radius 2 is 1.71 bits per heavy atom. The number of benzene rings is 2. The number of likely N-dealkylation sites (N-methyl/N-ethyl adjacent to an activating group) is 1. The molecule has 2 aromatic carbocycles. The van der Waals surface area contributed by atoms with Crippen LogP contribution in [0.15, 0.2) is 54.6 Å². The number of fused-ring (bicyclic) bond motifs is 1. The van der Waals surface area contributed by atoms with E-state index in [1.165, 1.54) is 4.31 Å². The van der Waals surface area contributed by atoms with Gasteiger partial charge in [-0.15, -0.1) is 0 Å². The molecule has 1 heterocycles. The Balaban J connectivity index is 1.68. The Morgan fingerprint density at radius 1 is 1.04 bits per heavy atom. The first-order valence-electron chi connectivity index (χ1n) is 7.98. The van der Waals surface area contributed by atoms with Crippen molar-refractivity contribution < 1.29 is 17.9 Å². The van der Waals surface area contributed by atoms with E-state index in [0.29, 0.717) is 24.7 Å². The largest absolute Gasteiger partial charge is 0.486 e. The molecule has 1 aliphatic heterocycles. The fourth-order valence-corrected chi connectivity index (χ4v) is 4.28. The zero-order valence-corrected chi connectivity index (χ0v) is 14.4. The van der Waals surface area contributed by atoms with E-state index < -0.39 is 10.0 Å². The van der Waals surface area contributed by atoms with Crippen molar-refractivity contribution in [1.29, 1.82) is 0 Å². The van der Waals surface area contributed by atoms with Crippen LogP contribution in [0.25, 0.3) is 0 Å². The smallest absolute Gasteiger partial charge is 0.218 e. The fraction of sp³-hybridized carbons (Fsp3) is 0.333. The number of rotatable bonds is 6. The summed E-state index contributed by atoms with van der Waals surface area (Å²) in [6.07, 6.45) is -0.314. The Morgan fingerprint density at radius 3 is 2.42 bits per heavy atom. The number of ether oxygens (including phenoxy) is 2. The van der Waals surface area contributed by atoms with Gasteiger partial charge in [0, 0.05) is 6.54 Å². The fourth-order valence-electron chi connectivity index (χ4n) is 2.70. The molecule has 0 saturated carbocycles. The van der Waals surface area contributed by atoms with Crippen LogP contribution in [0.3, 0.4) is 0 Å². The first kappa shape index (κ1) is 16.8. The van der Waals surface area contributed by atoms with Gasteiger partial charge in [-0.3, -0.25) is 0 Å². The van der Waals surface area contributed by atoms with Gasteiger partial charge in [0.2, 0.25) is 10.0 Å². The highest BCUT2D eigenvalue weighted by molar-refractivity contribution is 7.88. The van der Waals surface area contributed by atoms with Crippen LogP contribution in [0.1, 0.15) is 12.5 Å². The molecular weight excluding hydrogens is 326 g/mol. The van der Waals surface area contributed by atoms with Crippen LogP contribution in [-0.2, 0) is 15.8 Å². The van der Waals surface area contributed by atoms with Gasteiger partial charge in [-0.2, -0.15) is 4.31 Å². The van der Waals surface area contributed by atoms with Crippen molar-refractivity contribution in [2.24, 2.45) is 0 Å². The average Bonchev–Trinajstić information content (AvgIpc) is 2.60. The molecule has 128 valence electrons. The summed E-state index contributed by atoms with van der Waals surface area (Å²) in [5.74, 6) is 1.35. The van der Waals surface area contributed by atoms with Gasteiger partial charge in [0.05, 0.1) is 12.3 Å². The summed E-state index contributed by atoms with van der Waals surface area (Å²) >= 11 is 0. The Kier molecular flexibility index (Phi) is 5.06. The van der Waals surface area contributed by atoms with Crippen LogP contribution in [0.4, 0.5) is 0 Å². The van der Waals surface area contributed by atoms with Crippen molar-refractivity contribution in [3.8, 4) is 11.5 Å². The zero-order valence-electron chi connectivity index (χ0n) is 13.6. The van der Waals surface area contributed by atoms with Gasteiger partial charge in [0.1, 0.15) is 12.7 Å². The molecule has 24 heavy (non-hydrogen) atoms. The zero-order chi connectivity index (χ0) is 17.0. The minimum Gasteiger partial charge on any atom is -0.486 e. The summed E-state index contributed by atoms with van der Waals surface area (Å²) in [7, 11) is -3.40. The summed E-state index contributed by atoms with van der Waals surface area (Å²) in [6, 6.07) is 16.6. The molecule has 2 aromatic rings. The van der Waals surface area contributed by atoms with E-state index in [0.717, 1.165) is 5.56 Å². The summed E-state index contributed by atoms with van der Waals surface area (Å²) in [6.45, 7) is 2.85. The molecule has 0 saturated heterocycles. The lowest BCUT2D eigenvalue weighted by molar-refractivity contribution is 0.0771. The molecule has 1 atom stereocenters. The van der Waals surface area contributed by atoms with Crippen LogP contribution < -0.4 is 9.47 Å². The minimum atomic E-state index is -3.40.